The third-order valence-electron chi connectivity index (χ3n) is 11.3. The van der Waals surface area contributed by atoms with E-state index in [1.807, 2.05) is 6.07 Å². The lowest BCUT2D eigenvalue weighted by Gasteiger charge is -2.46. The average Bonchev–Trinajstić information content (AvgIpc) is 3.87. The molecule has 0 bridgehead atoms. The molecular weight excluding hydrogens is 904 g/mol. The number of carbonyl (C=O) groups is 7. The normalized spacial score (nSPS) is 30.7. The summed E-state index contributed by atoms with van der Waals surface area (Å²) in [5.74, 6) is -4.55. The van der Waals surface area contributed by atoms with Crippen molar-refractivity contribution in [3.8, 4) is 23.0 Å². The van der Waals surface area contributed by atoms with Crippen molar-refractivity contribution in [3.63, 3.8) is 0 Å². The van der Waals surface area contributed by atoms with E-state index < -0.39 is 116 Å². The van der Waals surface area contributed by atoms with Gasteiger partial charge in [0.25, 0.3) is 0 Å². The van der Waals surface area contributed by atoms with E-state index in [0.29, 0.717) is 19.0 Å². The van der Waals surface area contributed by atoms with Crippen LogP contribution < -0.4 is 18.9 Å². The van der Waals surface area contributed by atoms with Gasteiger partial charge in [-0.25, -0.2) is 0 Å². The molecule has 2 aromatic rings. The standard InChI is InChI=1S/C46H56O22/c1-20-37(61-22(3)48)41(63-24(5)50)43(65-26(7)52)45(59-20)58-19-36-40(62-23(4)49)42(64-25(6)51)44(66-27(8)53)46(68-36)67-33-14-12-29(16-35(33)55-10)39-31-18-56-38(30(31)17-57-39)28-11-13-32(60-21(2)47)34(15-28)54-9/h11-16,20,30-31,36-46H,17-19H2,1-10H3/t20-,30-,31-,36-,37-,38+,39-,40-,41+,42+,43+,44-,45+,46-/m0/s1. The van der Waals surface area contributed by atoms with Crippen LogP contribution in [0.4, 0.5) is 0 Å². The molecule has 2 aromatic carbocycles. The van der Waals surface area contributed by atoms with Gasteiger partial charge in [-0.2, -0.15) is 0 Å². The fraction of sp³-hybridized carbons (Fsp3) is 0.587. The third-order valence-corrected chi connectivity index (χ3v) is 11.3. The zero-order valence-electron chi connectivity index (χ0n) is 39.1. The first kappa shape index (κ1) is 51.3. The van der Waals surface area contributed by atoms with Gasteiger partial charge in [0.15, 0.2) is 59.8 Å². The van der Waals surface area contributed by atoms with Crippen LogP contribution >= 0.6 is 0 Å². The monoisotopic (exact) mass is 960 g/mol. The molecule has 22 heteroatoms. The van der Waals surface area contributed by atoms with Gasteiger partial charge < -0.3 is 71.1 Å². The largest absolute Gasteiger partial charge is 0.493 e. The van der Waals surface area contributed by atoms with Crippen LogP contribution in [0, 0.1) is 11.8 Å². The van der Waals surface area contributed by atoms with Crippen LogP contribution in [-0.4, -0.2) is 137 Å². The van der Waals surface area contributed by atoms with E-state index in [1.54, 1.807) is 30.3 Å². The van der Waals surface area contributed by atoms with Crippen LogP contribution in [-0.2, 0) is 85.7 Å². The first-order valence-electron chi connectivity index (χ1n) is 21.7. The number of hydrogen-bond donors (Lipinski definition) is 0. The predicted octanol–water partition coefficient (Wildman–Crippen LogP) is 3.16. The number of methoxy groups -OCH3 is 2. The van der Waals surface area contributed by atoms with Crippen molar-refractivity contribution in [3.05, 3.63) is 47.5 Å². The summed E-state index contributed by atoms with van der Waals surface area (Å²) >= 11 is 0. The van der Waals surface area contributed by atoms with Gasteiger partial charge in [-0.1, -0.05) is 12.1 Å². The van der Waals surface area contributed by atoms with Crippen molar-refractivity contribution in [1.29, 1.82) is 0 Å². The lowest BCUT2D eigenvalue weighted by Crippen LogP contribution is -2.64. The molecule has 68 heavy (non-hydrogen) atoms. The Hall–Kier alpha value is -6.07. The van der Waals surface area contributed by atoms with E-state index in [1.165, 1.54) is 28.1 Å². The van der Waals surface area contributed by atoms with Crippen molar-refractivity contribution in [2.45, 2.75) is 129 Å². The highest BCUT2D eigenvalue weighted by Gasteiger charge is 2.56. The van der Waals surface area contributed by atoms with Crippen LogP contribution in [0.2, 0.25) is 0 Å². The molecule has 0 spiro atoms. The number of ether oxygens (including phenoxy) is 15. The fourth-order valence-corrected chi connectivity index (χ4v) is 8.80. The number of hydrogen-bond acceptors (Lipinski definition) is 22. The molecule has 4 fully saturated rings. The summed E-state index contributed by atoms with van der Waals surface area (Å²) in [6, 6.07) is 10.3. The van der Waals surface area contributed by atoms with E-state index in [0.717, 1.165) is 52.7 Å². The zero-order chi connectivity index (χ0) is 49.6. The van der Waals surface area contributed by atoms with Crippen LogP contribution in [0.3, 0.4) is 0 Å². The summed E-state index contributed by atoms with van der Waals surface area (Å²) in [6.07, 6.45) is -15.1. The predicted molar refractivity (Wildman–Crippen MR) is 225 cm³/mol. The maximum absolute atomic E-state index is 12.7. The topological polar surface area (TPSA) is 258 Å². The molecule has 0 saturated carbocycles. The molecule has 4 saturated heterocycles. The molecule has 4 aliphatic rings. The van der Waals surface area contributed by atoms with Crippen LogP contribution in [0.1, 0.15) is 78.7 Å². The molecule has 0 radical (unpaired) electrons. The minimum absolute atomic E-state index is 0.0526. The maximum atomic E-state index is 12.7. The Morgan fingerprint density at radius 2 is 0.926 bits per heavy atom. The lowest BCUT2D eigenvalue weighted by atomic mass is 9.85. The molecule has 14 atom stereocenters. The Morgan fingerprint density at radius 3 is 1.41 bits per heavy atom. The van der Waals surface area contributed by atoms with E-state index in [2.05, 4.69) is 0 Å². The summed E-state index contributed by atoms with van der Waals surface area (Å²) in [4.78, 5) is 86.2. The fourth-order valence-electron chi connectivity index (χ4n) is 8.80. The smallest absolute Gasteiger partial charge is 0.308 e. The van der Waals surface area contributed by atoms with Gasteiger partial charge in [0.1, 0.15) is 6.10 Å². The Morgan fingerprint density at radius 1 is 0.500 bits per heavy atom. The third kappa shape index (κ3) is 12.1. The second-order valence-electron chi connectivity index (χ2n) is 16.4. The maximum Gasteiger partial charge on any atom is 0.308 e. The van der Waals surface area contributed by atoms with E-state index in [9.17, 15) is 33.6 Å². The summed E-state index contributed by atoms with van der Waals surface area (Å²) < 4.78 is 87.5. The minimum Gasteiger partial charge on any atom is -0.493 e. The van der Waals surface area contributed by atoms with Crippen LogP contribution in [0.5, 0.6) is 23.0 Å². The lowest BCUT2D eigenvalue weighted by molar-refractivity contribution is -0.323. The molecule has 0 amide bonds. The van der Waals surface area contributed by atoms with Crippen molar-refractivity contribution in [2.75, 3.05) is 34.0 Å². The zero-order valence-corrected chi connectivity index (χ0v) is 39.1. The van der Waals surface area contributed by atoms with E-state index >= 15 is 0 Å². The van der Waals surface area contributed by atoms with Gasteiger partial charge in [0, 0.05) is 60.3 Å². The summed E-state index contributed by atoms with van der Waals surface area (Å²) in [7, 11) is 2.89. The molecule has 0 unspecified atom stereocenters. The van der Waals surface area contributed by atoms with Gasteiger partial charge in [0.05, 0.1) is 52.4 Å². The van der Waals surface area contributed by atoms with E-state index in [4.69, 9.17) is 71.1 Å². The van der Waals surface area contributed by atoms with Gasteiger partial charge in [-0.05, 0) is 42.3 Å². The Kier molecular flexibility index (Phi) is 16.9. The van der Waals surface area contributed by atoms with Crippen molar-refractivity contribution in [2.24, 2.45) is 11.8 Å². The summed E-state index contributed by atoms with van der Waals surface area (Å²) in [6.45, 7) is 9.59. The number of rotatable bonds is 16. The van der Waals surface area contributed by atoms with Crippen molar-refractivity contribution < 1.29 is 105 Å². The summed E-state index contributed by atoms with van der Waals surface area (Å²) in [5, 5.41) is 0. The highest BCUT2D eigenvalue weighted by molar-refractivity contribution is 5.71. The molecule has 22 nitrogen and oxygen atoms in total. The average molecular weight is 961 g/mol. The van der Waals surface area contributed by atoms with Crippen molar-refractivity contribution >= 4 is 41.8 Å². The summed E-state index contributed by atoms with van der Waals surface area (Å²) in [5.41, 5.74) is 1.54. The van der Waals surface area contributed by atoms with Gasteiger partial charge >= 0.3 is 41.8 Å². The van der Waals surface area contributed by atoms with Crippen LogP contribution in [0.15, 0.2) is 36.4 Å². The first-order valence-corrected chi connectivity index (χ1v) is 21.7. The first-order chi connectivity index (χ1) is 32.3. The number of benzene rings is 2. The second-order valence-corrected chi connectivity index (χ2v) is 16.4. The number of esters is 7. The molecule has 0 aromatic heterocycles. The quantitative estimate of drug-likeness (QED) is 0.133. The molecule has 4 heterocycles. The highest BCUT2D eigenvalue weighted by Crippen LogP contribution is 2.52. The molecule has 4 aliphatic heterocycles. The van der Waals surface area contributed by atoms with E-state index in [-0.39, 0.29) is 35.2 Å². The Balaban J connectivity index is 1.27. The van der Waals surface area contributed by atoms with Crippen molar-refractivity contribution in [1.82, 2.24) is 0 Å². The molecule has 0 aliphatic carbocycles. The highest BCUT2D eigenvalue weighted by atomic mass is 16.8. The molecule has 0 N–H and O–H groups in total. The Labute approximate surface area is 391 Å². The molecular formula is C46H56O22. The van der Waals surface area contributed by atoms with Gasteiger partial charge in [-0.3, -0.25) is 33.6 Å². The number of carbonyl (C=O) groups excluding carboxylic acids is 7. The minimum atomic E-state index is -1.61. The SMILES string of the molecule is COc1cc([C@H]2OC[C@H]3[C@@H]2CO[C@H]3c2ccc(O[C@H]3O[C@@H](CO[C@@H]4O[C@@H](C)[C@H](OC(C)=O)[C@@H](OC(C)=O)[C@H]4OC(C)=O)[C@H](OC(C)=O)[C@@H](OC(C)=O)[C@@H]3OC(C)=O)c(OC)c2)ccc1OC(C)=O. The molecule has 372 valence electrons. The van der Waals surface area contributed by atoms with Crippen LogP contribution in [0.25, 0.3) is 0 Å². The molecule has 6 rings (SSSR count). The van der Waals surface area contributed by atoms with Gasteiger partial charge in [-0.15, -0.1) is 0 Å². The Bertz CT molecular complexity index is 2190. The van der Waals surface area contributed by atoms with Gasteiger partial charge in [0.2, 0.25) is 12.4 Å². The number of fused-ring (bicyclic) bond motifs is 1. The second kappa shape index (κ2) is 22.4.